The largest absolute Gasteiger partial charge is 0.392 e. The zero-order valence-corrected chi connectivity index (χ0v) is 23.1. The maximum absolute atomic E-state index is 13.7. The van der Waals surface area contributed by atoms with Crippen LogP contribution in [0.3, 0.4) is 0 Å². The second kappa shape index (κ2) is 11.7. The van der Waals surface area contributed by atoms with Crippen molar-refractivity contribution in [2.24, 2.45) is 11.8 Å². The van der Waals surface area contributed by atoms with Gasteiger partial charge >= 0.3 is 0 Å². The lowest BCUT2D eigenvalue weighted by molar-refractivity contribution is -0.133. The fourth-order valence-electron chi connectivity index (χ4n) is 5.77. The van der Waals surface area contributed by atoms with Gasteiger partial charge in [0, 0.05) is 17.8 Å². The maximum atomic E-state index is 13.7. The predicted molar refractivity (Wildman–Crippen MR) is 141 cm³/mol. The number of hydrogen-bond donors (Lipinski definition) is 4. The van der Waals surface area contributed by atoms with Gasteiger partial charge in [-0.3, -0.25) is 9.59 Å². The molecule has 40 heavy (non-hydrogen) atoms. The molecule has 0 aromatic heterocycles. The molecule has 2 aromatic rings. The average Bonchev–Trinajstić information content (AvgIpc) is 3.04. The van der Waals surface area contributed by atoms with Crippen LogP contribution in [-0.2, 0) is 14.6 Å². The lowest BCUT2D eigenvalue weighted by Crippen LogP contribution is -2.51. The van der Waals surface area contributed by atoms with Crippen LogP contribution in [0, 0.1) is 17.7 Å². The summed E-state index contributed by atoms with van der Waals surface area (Å²) in [5, 5.41) is 24.7. The van der Waals surface area contributed by atoms with E-state index in [0.29, 0.717) is 12.8 Å². The molecule has 218 valence electrons. The minimum atomic E-state index is -4.08. The van der Waals surface area contributed by atoms with E-state index in [-0.39, 0.29) is 47.0 Å². The fraction of sp³-hybridized carbons (Fsp3) is 0.481. The molecule has 2 saturated carbocycles. The van der Waals surface area contributed by atoms with E-state index in [1.54, 1.807) is 0 Å². The van der Waals surface area contributed by atoms with Crippen molar-refractivity contribution in [3.8, 4) is 0 Å². The molecule has 2 fully saturated rings. The number of fused-ring (bicyclic) bond motifs is 2. The third kappa shape index (κ3) is 6.14. The first-order valence-corrected chi connectivity index (χ1v) is 14.7. The number of aliphatic hydroxyl groups is 2. The molecule has 0 saturated heterocycles. The van der Waals surface area contributed by atoms with Crippen molar-refractivity contribution in [2.45, 2.75) is 67.3 Å². The summed E-state index contributed by atoms with van der Waals surface area (Å²) in [6.07, 6.45) is -2.75. The zero-order chi connectivity index (χ0) is 29.4. The summed E-state index contributed by atoms with van der Waals surface area (Å²) >= 11 is 6.25. The van der Waals surface area contributed by atoms with Crippen LogP contribution in [0.25, 0.3) is 0 Å². The highest BCUT2D eigenvalue weighted by Gasteiger charge is 2.56. The van der Waals surface area contributed by atoms with Gasteiger partial charge in [-0.2, -0.15) is 0 Å². The van der Waals surface area contributed by atoms with Crippen LogP contribution in [-0.4, -0.2) is 53.9 Å². The van der Waals surface area contributed by atoms with Crippen molar-refractivity contribution in [3.63, 3.8) is 0 Å². The summed E-state index contributed by atoms with van der Waals surface area (Å²) in [5.74, 6) is -3.25. The molecule has 2 bridgehead atoms. The molecular formula is C27H30ClF3N2O6S. The van der Waals surface area contributed by atoms with Gasteiger partial charge in [-0.05, 0) is 80.8 Å². The first kappa shape index (κ1) is 30.3. The Morgan fingerprint density at radius 3 is 2.38 bits per heavy atom. The molecule has 3 atom stereocenters. The highest BCUT2D eigenvalue weighted by molar-refractivity contribution is 7.92. The number of aliphatic hydroxyl groups excluding tert-OH is 1. The number of carbonyl (C=O) groups excluding carboxylic acids is 2. The van der Waals surface area contributed by atoms with E-state index in [4.69, 9.17) is 11.6 Å². The zero-order valence-electron chi connectivity index (χ0n) is 21.5. The topological polar surface area (TPSA) is 133 Å². The Hall–Kier alpha value is -2.67. The Balaban J connectivity index is 1.52. The molecule has 0 radical (unpaired) electrons. The van der Waals surface area contributed by atoms with Gasteiger partial charge in [-0.25, -0.2) is 21.6 Å². The van der Waals surface area contributed by atoms with E-state index >= 15 is 0 Å². The number of alkyl halides is 2. The molecule has 2 aliphatic carbocycles. The summed E-state index contributed by atoms with van der Waals surface area (Å²) in [5.41, 5.74) is -2.45. The minimum absolute atomic E-state index is 0.0399. The number of halogens is 4. The molecule has 2 aliphatic rings. The second-order valence-corrected chi connectivity index (χ2v) is 13.2. The Morgan fingerprint density at radius 2 is 1.77 bits per heavy atom. The van der Waals surface area contributed by atoms with E-state index in [9.17, 15) is 41.4 Å². The maximum Gasteiger partial charge on any atom is 0.266 e. The lowest BCUT2D eigenvalue weighted by atomic mass is 9.72. The van der Waals surface area contributed by atoms with Crippen LogP contribution in [0.2, 0.25) is 5.02 Å². The van der Waals surface area contributed by atoms with Crippen LogP contribution >= 0.6 is 11.6 Å². The summed E-state index contributed by atoms with van der Waals surface area (Å²) < 4.78 is 67.1. The van der Waals surface area contributed by atoms with Gasteiger partial charge in [0.1, 0.15) is 5.82 Å². The van der Waals surface area contributed by atoms with Gasteiger partial charge in [0.05, 0.1) is 38.9 Å². The Labute approximate surface area is 234 Å². The van der Waals surface area contributed by atoms with Gasteiger partial charge in [-0.15, -0.1) is 0 Å². The predicted octanol–water partition coefficient (Wildman–Crippen LogP) is 4.25. The third-order valence-electron chi connectivity index (χ3n) is 7.84. The Kier molecular flexibility index (Phi) is 8.84. The van der Waals surface area contributed by atoms with Gasteiger partial charge < -0.3 is 20.8 Å². The molecule has 8 nitrogen and oxygen atoms in total. The van der Waals surface area contributed by atoms with Crippen molar-refractivity contribution in [2.75, 3.05) is 11.9 Å². The first-order chi connectivity index (χ1) is 18.7. The van der Waals surface area contributed by atoms with Crippen molar-refractivity contribution < 1.29 is 41.4 Å². The molecule has 4 rings (SSSR count). The molecule has 2 aromatic carbocycles. The van der Waals surface area contributed by atoms with Gasteiger partial charge in [0.2, 0.25) is 5.91 Å². The van der Waals surface area contributed by atoms with Crippen molar-refractivity contribution >= 4 is 38.9 Å². The minimum Gasteiger partial charge on any atom is -0.392 e. The van der Waals surface area contributed by atoms with E-state index < -0.39 is 68.2 Å². The first-order valence-electron chi connectivity index (χ1n) is 12.8. The van der Waals surface area contributed by atoms with Crippen molar-refractivity contribution in [3.05, 3.63) is 58.4 Å². The molecule has 0 aliphatic heterocycles. The molecule has 2 amide bonds. The van der Waals surface area contributed by atoms with E-state index in [1.165, 1.54) is 19.1 Å². The van der Waals surface area contributed by atoms with Crippen LogP contribution in [0.4, 0.5) is 18.9 Å². The highest BCUT2D eigenvalue weighted by Crippen LogP contribution is 2.53. The molecule has 13 heteroatoms. The molecule has 0 spiro atoms. The van der Waals surface area contributed by atoms with Gasteiger partial charge in [-0.1, -0.05) is 11.6 Å². The van der Waals surface area contributed by atoms with Crippen molar-refractivity contribution in [1.82, 2.24) is 5.32 Å². The highest BCUT2D eigenvalue weighted by atomic mass is 35.5. The number of amides is 2. The van der Waals surface area contributed by atoms with E-state index in [1.807, 2.05) is 0 Å². The van der Waals surface area contributed by atoms with Crippen LogP contribution in [0.15, 0.2) is 41.3 Å². The fourth-order valence-corrected chi connectivity index (χ4v) is 8.17. The lowest BCUT2D eigenvalue weighted by Gasteiger charge is -2.42. The van der Waals surface area contributed by atoms with E-state index in [0.717, 1.165) is 24.3 Å². The van der Waals surface area contributed by atoms with Gasteiger partial charge in [0.15, 0.2) is 9.84 Å². The third-order valence-corrected chi connectivity index (χ3v) is 10.5. The SMILES string of the molecule is C[C@H](O)CNC(=O)C[C@]1(O)C2CCC1C[C@@H](S(=O)(=O)c1cc(C(=O)Nc3ccc(F)c(C(F)F)c3)ccc1Cl)C2. The number of sulfone groups is 1. The number of carbonyl (C=O) groups is 2. The number of nitrogens with one attached hydrogen (secondary N) is 2. The van der Waals surface area contributed by atoms with Gasteiger partial charge in [0.25, 0.3) is 12.3 Å². The Morgan fingerprint density at radius 1 is 1.12 bits per heavy atom. The summed E-state index contributed by atoms with van der Waals surface area (Å²) in [6, 6.07) is 6.34. The van der Waals surface area contributed by atoms with Crippen molar-refractivity contribution in [1.29, 1.82) is 0 Å². The average molecular weight is 603 g/mol. The smallest absolute Gasteiger partial charge is 0.266 e. The molecule has 2 unspecified atom stereocenters. The standard InChI is InChI=1S/C27H30ClF3N2O6S/c1-14(34)13-32-24(35)12-27(37)16-3-4-17(27)10-19(9-16)40(38,39)23-8-15(2-6-21(23)28)26(36)33-18-5-7-22(29)20(11-18)25(30)31/h2,5-8,11,14,16-17,19,25,34,37H,3-4,9-10,12-13H2,1H3,(H,32,35)(H,33,36)/t14-,16?,17?,19-,27-/m0/s1. The number of rotatable bonds is 9. The normalized spacial score (nSPS) is 25.1. The number of hydrogen-bond acceptors (Lipinski definition) is 6. The molecule has 0 heterocycles. The number of benzene rings is 2. The summed E-state index contributed by atoms with van der Waals surface area (Å²) in [4.78, 5) is 24.9. The second-order valence-electron chi connectivity index (χ2n) is 10.6. The Bertz CT molecular complexity index is 1390. The van der Waals surface area contributed by atoms with Crippen LogP contribution < -0.4 is 10.6 Å². The monoisotopic (exact) mass is 602 g/mol. The van der Waals surface area contributed by atoms with Crippen LogP contribution in [0.1, 0.15) is 61.4 Å². The number of anilines is 1. The van der Waals surface area contributed by atoms with E-state index in [2.05, 4.69) is 10.6 Å². The molecular weight excluding hydrogens is 573 g/mol. The quantitative estimate of drug-likeness (QED) is 0.339. The van der Waals surface area contributed by atoms with Crippen LogP contribution in [0.5, 0.6) is 0 Å². The summed E-state index contributed by atoms with van der Waals surface area (Å²) in [7, 11) is -4.08. The summed E-state index contributed by atoms with van der Waals surface area (Å²) in [6.45, 7) is 1.56. The molecule has 4 N–H and O–H groups in total.